The summed E-state index contributed by atoms with van der Waals surface area (Å²) in [6.07, 6.45) is 3.81. The van der Waals surface area contributed by atoms with Crippen molar-refractivity contribution < 1.29 is 4.79 Å². The van der Waals surface area contributed by atoms with E-state index in [0.29, 0.717) is 5.92 Å². The molecule has 0 saturated heterocycles. The van der Waals surface area contributed by atoms with Gasteiger partial charge in [0.05, 0.1) is 0 Å². The Kier molecular flexibility index (Phi) is 4.23. The van der Waals surface area contributed by atoms with Gasteiger partial charge >= 0.3 is 0 Å². The van der Waals surface area contributed by atoms with E-state index in [9.17, 15) is 4.79 Å². The summed E-state index contributed by atoms with van der Waals surface area (Å²) in [6, 6.07) is 7.77. The summed E-state index contributed by atoms with van der Waals surface area (Å²) in [7, 11) is 3.53. The lowest BCUT2D eigenvalue weighted by Gasteiger charge is -2.13. The largest absolute Gasteiger partial charge is 0.345 e. The van der Waals surface area contributed by atoms with Crippen LogP contribution >= 0.6 is 0 Å². The fourth-order valence-electron chi connectivity index (χ4n) is 2.21. The van der Waals surface area contributed by atoms with E-state index in [4.69, 9.17) is 0 Å². The molecule has 0 aliphatic rings. The molecule has 0 spiro atoms. The van der Waals surface area contributed by atoms with Gasteiger partial charge in [-0.25, -0.2) is 4.98 Å². The van der Waals surface area contributed by atoms with Gasteiger partial charge in [0.15, 0.2) is 0 Å². The van der Waals surface area contributed by atoms with Crippen molar-refractivity contribution in [2.45, 2.75) is 26.3 Å². The van der Waals surface area contributed by atoms with Crippen LogP contribution in [0, 0.1) is 0 Å². The minimum atomic E-state index is 0.0292. The first kappa shape index (κ1) is 14.3. The summed E-state index contributed by atoms with van der Waals surface area (Å²) in [6.45, 7) is 5.00. The molecule has 2 aromatic rings. The number of aromatic nitrogens is 2. The lowest BCUT2D eigenvalue weighted by Crippen LogP contribution is -2.21. The van der Waals surface area contributed by atoms with E-state index in [-0.39, 0.29) is 5.91 Å². The van der Waals surface area contributed by atoms with Gasteiger partial charge in [-0.2, -0.15) is 0 Å². The molecule has 0 saturated carbocycles. The zero-order valence-electron chi connectivity index (χ0n) is 12.5. The summed E-state index contributed by atoms with van der Waals surface area (Å²) in [5.74, 6) is 1.48. The average Bonchev–Trinajstić information content (AvgIpc) is 2.86. The smallest absolute Gasteiger partial charge is 0.253 e. The second kappa shape index (κ2) is 5.90. The number of nitrogens with zero attached hydrogens (tertiary/aromatic N) is 3. The van der Waals surface area contributed by atoms with Crippen LogP contribution < -0.4 is 0 Å². The number of imidazole rings is 1. The molecule has 2 rings (SSSR count). The van der Waals surface area contributed by atoms with Crippen molar-refractivity contribution in [3.05, 3.63) is 53.6 Å². The number of carbonyl (C=O) groups is 1. The second-order valence-corrected chi connectivity index (χ2v) is 5.47. The Balaban J connectivity index is 2.24. The molecule has 0 fully saturated rings. The highest BCUT2D eigenvalue weighted by Gasteiger charge is 2.10. The summed E-state index contributed by atoms with van der Waals surface area (Å²) in [4.78, 5) is 18.0. The van der Waals surface area contributed by atoms with Crippen LogP contribution in [0.5, 0.6) is 0 Å². The van der Waals surface area contributed by atoms with E-state index >= 15 is 0 Å². The molecule has 0 atom stereocenters. The maximum atomic E-state index is 12.0. The highest BCUT2D eigenvalue weighted by atomic mass is 16.2. The van der Waals surface area contributed by atoms with E-state index < -0.39 is 0 Å². The lowest BCUT2D eigenvalue weighted by atomic mass is 10.1. The Morgan fingerprint density at radius 2 is 2.10 bits per heavy atom. The highest BCUT2D eigenvalue weighted by Crippen LogP contribution is 2.15. The van der Waals surface area contributed by atoms with Crippen molar-refractivity contribution in [3.8, 4) is 0 Å². The van der Waals surface area contributed by atoms with Crippen LogP contribution in [-0.2, 0) is 6.54 Å². The van der Waals surface area contributed by atoms with Gasteiger partial charge in [-0.1, -0.05) is 26.0 Å². The maximum Gasteiger partial charge on any atom is 0.253 e. The summed E-state index contributed by atoms with van der Waals surface area (Å²) in [5, 5.41) is 0. The van der Waals surface area contributed by atoms with Crippen molar-refractivity contribution in [2.75, 3.05) is 14.1 Å². The molecule has 0 bridgehead atoms. The molecule has 0 radical (unpaired) electrons. The second-order valence-electron chi connectivity index (χ2n) is 5.47. The van der Waals surface area contributed by atoms with Gasteiger partial charge in [0.25, 0.3) is 5.91 Å². The monoisotopic (exact) mass is 271 g/mol. The quantitative estimate of drug-likeness (QED) is 0.857. The third-order valence-electron chi connectivity index (χ3n) is 3.20. The van der Waals surface area contributed by atoms with Gasteiger partial charge in [0.2, 0.25) is 0 Å². The number of benzene rings is 1. The maximum absolute atomic E-state index is 12.0. The van der Waals surface area contributed by atoms with Crippen molar-refractivity contribution in [1.29, 1.82) is 0 Å². The highest BCUT2D eigenvalue weighted by molar-refractivity contribution is 5.94. The van der Waals surface area contributed by atoms with Crippen LogP contribution in [0.4, 0.5) is 0 Å². The van der Waals surface area contributed by atoms with Gasteiger partial charge in [-0.05, 0) is 17.7 Å². The van der Waals surface area contributed by atoms with Crippen molar-refractivity contribution >= 4 is 5.91 Å². The van der Waals surface area contributed by atoms with Gasteiger partial charge in [-0.15, -0.1) is 0 Å². The molecule has 0 aliphatic heterocycles. The molecule has 1 heterocycles. The Morgan fingerprint density at radius 3 is 2.75 bits per heavy atom. The van der Waals surface area contributed by atoms with Crippen LogP contribution in [-0.4, -0.2) is 34.5 Å². The SMILES string of the molecule is CC(C)c1nccn1Cc1cccc(C(=O)N(C)C)c1. The molecule has 0 unspecified atom stereocenters. The fraction of sp³-hybridized carbons (Fsp3) is 0.375. The molecular weight excluding hydrogens is 250 g/mol. The van der Waals surface area contributed by atoms with Gasteiger partial charge < -0.3 is 9.47 Å². The first-order valence-electron chi connectivity index (χ1n) is 6.80. The van der Waals surface area contributed by atoms with Crippen LogP contribution in [0.3, 0.4) is 0 Å². The number of hydrogen-bond acceptors (Lipinski definition) is 2. The zero-order valence-corrected chi connectivity index (χ0v) is 12.5. The molecule has 1 amide bonds. The molecule has 0 N–H and O–H groups in total. The van der Waals surface area contributed by atoms with Gasteiger partial charge in [0, 0.05) is 44.5 Å². The van der Waals surface area contributed by atoms with E-state index in [0.717, 1.165) is 23.5 Å². The number of hydrogen-bond donors (Lipinski definition) is 0. The zero-order chi connectivity index (χ0) is 14.7. The van der Waals surface area contributed by atoms with Crippen LogP contribution in [0.1, 0.15) is 41.5 Å². The molecule has 20 heavy (non-hydrogen) atoms. The summed E-state index contributed by atoms with van der Waals surface area (Å²) in [5.41, 5.74) is 1.83. The Morgan fingerprint density at radius 1 is 1.35 bits per heavy atom. The standard InChI is InChI=1S/C16H21N3O/c1-12(2)15-17-8-9-19(15)11-13-6-5-7-14(10-13)16(20)18(3)4/h5-10,12H,11H2,1-4H3. The Bertz CT molecular complexity index is 599. The summed E-state index contributed by atoms with van der Waals surface area (Å²) >= 11 is 0. The fourth-order valence-corrected chi connectivity index (χ4v) is 2.21. The van der Waals surface area contributed by atoms with Gasteiger partial charge in [-0.3, -0.25) is 4.79 Å². The predicted molar refractivity (Wildman–Crippen MR) is 79.9 cm³/mol. The Labute approximate surface area is 120 Å². The normalized spacial score (nSPS) is 10.8. The average molecular weight is 271 g/mol. The first-order valence-corrected chi connectivity index (χ1v) is 6.80. The summed E-state index contributed by atoms with van der Waals surface area (Å²) < 4.78 is 2.13. The third-order valence-corrected chi connectivity index (χ3v) is 3.20. The van der Waals surface area contributed by atoms with Gasteiger partial charge in [0.1, 0.15) is 5.82 Å². The lowest BCUT2D eigenvalue weighted by molar-refractivity contribution is 0.0827. The number of carbonyl (C=O) groups excluding carboxylic acids is 1. The van der Waals surface area contributed by atoms with E-state index in [1.165, 1.54) is 0 Å². The predicted octanol–water partition coefficient (Wildman–Crippen LogP) is 2.76. The molecule has 4 nitrogen and oxygen atoms in total. The van der Waals surface area contributed by atoms with Crippen LogP contribution in [0.2, 0.25) is 0 Å². The molecule has 1 aromatic heterocycles. The molecule has 0 aliphatic carbocycles. The molecular formula is C16H21N3O. The van der Waals surface area contributed by atoms with E-state index in [1.807, 2.05) is 36.7 Å². The van der Waals surface area contributed by atoms with Crippen molar-refractivity contribution in [1.82, 2.24) is 14.5 Å². The van der Waals surface area contributed by atoms with Crippen LogP contribution in [0.25, 0.3) is 0 Å². The molecule has 106 valence electrons. The number of rotatable bonds is 4. The first-order chi connectivity index (χ1) is 9.49. The topological polar surface area (TPSA) is 38.1 Å². The van der Waals surface area contributed by atoms with Crippen molar-refractivity contribution in [2.24, 2.45) is 0 Å². The minimum absolute atomic E-state index is 0.0292. The number of amides is 1. The van der Waals surface area contributed by atoms with Crippen LogP contribution in [0.15, 0.2) is 36.7 Å². The van der Waals surface area contributed by atoms with E-state index in [2.05, 4.69) is 23.4 Å². The van der Waals surface area contributed by atoms with E-state index in [1.54, 1.807) is 19.0 Å². The minimum Gasteiger partial charge on any atom is -0.345 e. The molecule has 1 aromatic carbocycles. The third kappa shape index (κ3) is 3.07. The Hall–Kier alpha value is -2.10. The van der Waals surface area contributed by atoms with Crippen molar-refractivity contribution in [3.63, 3.8) is 0 Å². The molecule has 4 heteroatoms.